The lowest BCUT2D eigenvalue weighted by molar-refractivity contribution is 0.108. The topological polar surface area (TPSA) is 38.5 Å². The summed E-state index contributed by atoms with van der Waals surface area (Å²) in [7, 11) is 0. The summed E-state index contributed by atoms with van der Waals surface area (Å²) in [6, 6.07) is 10.7. The zero-order chi connectivity index (χ0) is 12.7. The first-order valence-corrected chi connectivity index (χ1v) is 5.78. The molecule has 3 aromatic rings. The lowest BCUT2D eigenvalue weighted by Crippen LogP contribution is -1.99. The van der Waals surface area contributed by atoms with Crippen LogP contribution in [0.5, 0.6) is 0 Å². The molecule has 0 saturated carbocycles. The maximum atomic E-state index is 12.3. The van der Waals surface area contributed by atoms with E-state index in [2.05, 4.69) is 0 Å². The number of fused-ring (bicyclic) bond motifs is 2. The minimum atomic E-state index is -0.565. The van der Waals surface area contributed by atoms with Crippen LogP contribution in [0.1, 0.15) is 10.4 Å². The van der Waals surface area contributed by atoms with Gasteiger partial charge in [0.25, 0.3) is 5.24 Å². The number of aromatic nitrogens is 1. The fraction of sp³-hybridized carbons (Fsp3) is 0. The van der Waals surface area contributed by atoms with E-state index in [9.17, 15) is 9.59 Å². The summed E-state index contributed by atoms with van der Waals surface area (Å²) < 4.78 is 1.62. The smallest absolute Gasteiger partial charge is 0.253 e. The molecule has 88 valence electrons. The Morgan fingerprint density at radius 1 is 1.17 bits per heavy atom. The van der Waals surface area contributed by atoms with E-state index in [1.807, 2.05) is 24.3 Å². The molecule has 0 amide bonds. The second-order valence-corrected chi connectivity index (χ2v) is 4.37. The number of nitrogens with zero attached hydrogens (tertiary/aromatic N) is 1. The first-order valence-electron chi connectivity index (χ1n) is 5.40. The van der Waals surface area contributed by atoms with Crippen LogP contribution in [0.2, 0.25) is 0 Å². The third-order valence-electron chi connectivity index (χ3n) is 2.93. The number of carbonyl (C=O) groups is 1. The van der Waals surface area contributed by atoms with Gasteiger partial charge in [0.1, 0.15) is 0 Å². The second kappa shape index (κ2) is 3.96. The molecule has 2 heterocycles. The molecular formula is C14H8ClNO2. The van der Waals surface area contributed by atoms with Gasteiger partial charge in [-0.2, -0.15) is 0 Å². The van der Waals surface area contributed by atoms with Gasteiger partial charge in [0.05, 0.1) is 11.1 Å². The van der Waals surface area contributed by atoms with Gasteiger partial charge in [-0.05, 0) is 29.1 Å². The van der Waals surface area contributed by atoms with E-state index >= 15 is 0 Å². The number of rotatable bonds is 1. The lowest BCUT2D eigenvalue weighted by atomic mass is 10.2. The van der Waals surface area contributed by atoms with Crippen molar-refractivity contribution in [3.63, 3.8) is 0 Å². The van der Waals surface area contributed by atoms with Crippen LogP contribution in [0, 0.1) is 0 Å². The van der Waals surface area contributed by atoms with Crippen molar-refractivity contribution in [2.24, 2.45) is 0 Å². The summed E-state index contributed by atoms with van der Waals surface area (Å²) in [6.45, 7) is 0. The Balaban J connectivity index is 2.53. The summed E-state index contributed by atoms with van der Waals surface area (Å²) >= 11 is 5.42. The minimum absolute atomic E-state index is 0.111. The molecule has 0 aliphatic heterocycles. The van der Waals surface area contributed by atoms with Crippen LogP contribution in [-0.4, -0.2) is 9.64 Å². The number of carbonyl (C=O) groups excluding carboxylic acids is 1. The van der Waals surface area contributed by atoms with E-state index in [1.165, 1.54) is 6.07 Å². The van der Waals surface area contributed by atoms with Gasteiger partial charge in [0.2, 0.25) is 5.43 Å². The Kier molecular flexibility index (Phi) is 2.42. The van der Waals surface area contributed by atoms with Crippen molar-refractivity contribution in [1.82, 2.24) is 4.40 Å². The molecule has 0 bridgehead atoms. The fourth-order valence-electron chi connectivity index (χ4n) is 2.04. The maximum Gasteiger partial charge on any atom is 0.253 e. The Labute approximate surface area is 107 Å². The quantitative estimate of drug-likeness (QED) is 0.629. The largest absolute Gasteiger partial charge is 0.320 e. The Morgan fingerprint density at radius 2 is 1.94 bits per heavy atom. The van der Waals surface area contributed by atoms with Crippen LogP contribution in [0.25, 0.3) is 16.3 Å². The van der Waals surface area contributed by atoms with Crippen molar-refractivity contribution in [1.29, 1.82) is 0 Å². The molecule has 3 nitrogen and oxygen atoms in total. The molecule has 0 atom stereocenters. The standard InChI is InChI=1S/C14H8ClNO2/c15-14(18)10-7-12-13(17)11-4-2-1-3-9(11)5-6-16(12)8-10/h1-8H. The van der Waals surface area contributed by atoms with Gasteiger partial charge >= 0.3 is 0 Å². The summed E-state index contributed by atoms with van der Waals surface area (Å²) in [5, 5.41) is 0.925. The van der Waals surface area contributed by atoms with E-state index in [0.717, 1.165) is 5.39 Å². The minimum Gasteiger partial charge on any atom is -0.320 e. The van der Waals surface area contributed by atoms with Crippen molar-refractivity contribution < 1.29 is 4.79 Å². The van der Waals surface area contributed by atoms with Gasteiger partial charge in [0.15, 0.2) is 0 Å². The van der Waals surface area contributed by atoms with Crippen LogP contribution in [0.3, 0.4) is 0 Å². The molecule has 0 unspecified atom stereocenters. The summed E-state index contributed by atoms with van der Waals surface area (Å²) in [4.78, 5) is 23.5. The fourth-order valence-corrected chi connectivity index (χ4v) is 2.14. The summed E-state index contributed by atoms with van der Waals surface area (Å²) in [5.41, 5.74) is 0.656. The van der Waals surface area contributed by atoms with Gasteiger partial charge < -0.3 is 4.40 Å². The highest BCUT2D eigenvalue weighted by atomic mass is 35.5. The molecule has 0 saturated heterocycles. The molecule has 0 aliphatic carbocycles. The first kappa shape index (κ1) is 11.0. The lowest BCUT2D eigenvalue weighted by Gasteiger charge is -1.87. The molecule has 1 aromatic carbocycles. The van der Waals surface area contributed by atoms with E-state index in [4.69, 9.17) is 11.6 Å². The molecule has 3 rings (SSSR count). The normalized spacial score (nSPS) is 10.9. The van der Waals surface area contributed by atoms with Gasteiger partial charge in [0, 0.05) is 17.8 Å². The molecular weight excluding hydrogens is 250 g/mol. The van der Waals surface area contributed by atoms with Gasteiger partial charge in [-0.25, -0.2) is 0 Å². The molecule has 4 heteroatoms. The number of benzene rings is 1. The van der Waals surface area contributed by atoms with E-state index in [0.29, 0.717) is 16.5 Å². The zero-order valence-corrected chi connectivity index (χ0v) is 10.0. The van der Waals surface area contributed by atoms with Crippen molar-refractivity contribution >= 4 is 33.1 Å². The number of hydrogen-bond acceptors (Lipinski definition) is 2. The monoisotopic (exact) mass is 257 g/mol. The predicted molar refractivity (Wildman–Crippen MR) is 71.4 cm³/mol. The van der Waals surface area contributed by atoms with E-state index < -0.39 is 5.24 Å². The maximum absolute atomic E-state index is 12.3. The Morgan fingerprint density at radius 3 is 2.72 bits per heavy atom. The third kappa shape index (κ3) is 1.60. The molecule has 2 aromatic heterocycles. The molecule has 18 heavy (non-hydrogen) atoms. The highest BCUT2D eigenvalue weighted by Gasteiger charge is 2.08. The predicted octanol–water partition coefficient (Wildman–Crippen LogP) is 2.83. The number of hydrogen-bond donors (Lipinski definition) is 0. The third-order valence-corrected chi connectivity index (χ3v) is 3.15. The van der Waals surface area contributed by atoms with E-state index in [1.54, 1.807) is 22.9 Å². The molecule has 0 fully saturated rings. The van der Waals surface area contributed by atoms with Crippen molar-refractivity contribution in [2.75, 3.05) is 0 Å². The van der Waals surface area contributed by atoms with Crippen LogP contribution in [0.15, 0.2) is 53.6 Å². The second-order valence-electron chi connectivity index (χ2n) is 4.03. The van der Waals surface area contributed by atoms with Crippen molar-refractivity contribution in [3.05, 3.63) is 64.6 Å². The first-order chi connectivity index (χ1) is 8.66. The summed E-state index contributed by atoms with van der Waals surface area (Å²) in [5.74, 6) is 0. The van der Waals surface area contributed by atoms with Gasteiger partial charge in [-0.3, -0.25) is 9.59 Å². The Bertz CT molecular complexity index is 836. The zero-order valence-electron chi connectivity index (χ0n) is 9.26. The van der Waals surface area contributed by atoms with Crippen LogP contribution >= 0.6 is 11.6 Å². The molecule has 0 aliphatic rings. The Hall–Kier alpha value is -2.13. The van der Waals surface area contributed by atoms with Crippen molar-refractivity contribution in [3.8, 4) is 0 Å². The number of halogens is 1. The van der Waals surface area contributed by atoms with Gasteiger partial charge in [-0.1, -0.05) is 24.3 Å². The average molecular weight is 258 g/mol. The highest BCUT2D eigenvalue weighted by Crippen LogP contribution is 2.13. The van der Waals surface area contributed by atoms with Crippen LogP contribution in [-0.2, 0) is 0 Å². The van der Waals surface area contributed by atoms with E-state index in [-0.39, 0.29) is 5.43 Å². The van der Waals surface area contributed by atoms with Crippen LogP contribution in [0.4, 0.5) is 0 Å². The average Bonchev–Trinajstić information content (AvgIpc) is 2.75. The molecule has 0 spiro atoms. The molecule has 0 radical (unpaired) electrons. The SMILES string of the molecule is O=C(Cl)c1cc2c(=O)c3ccccc3ccn2c1. The summed E-state index contributed by atoms with van der Waals surface area (Å²) in [6.07, 6.45) is 3.31. The van der Waals surface area contributed by atoms with Crippen molar-refractivity contribution in [2.45, 2.75) is 0 Å². The van der Waals surface area contributed by atoms with Crippen LogP contribution < -0.4 is 5.43 Å². The molecule has 0 N–H and O–H groups in total. The van der Waals surface area contributed by atoms with Gasteiger partial charge in [-0.15, -0.1) is 0 Å². The highest BCUT2D eigenvalue weighted by molar-refractivity contribution is 6.67.